The van der Waals surface area contributed by atoms with Gasteiger partial charge in [0.2, 0.25) is 5.91 Å². The molecule has 1 aromatic rings. The van der Waals surface area contributed by atoms with E-state index in [9.17, 15) is 19.7 Å². The molecule has 2 fully saturated rings. The van der Waals surface area contributed by atoms with Crippen molar-refractivity contribution in [2.45, 2.75) is 51.2 Å². The molecule has 1 aliphatic heterocycles. The fourth-order valence-electron chi connectivity index (χ4n) is 3.69. The number of rotatable bonds is 5. The lowest BCUT2D eigenvalue weighted by Gasteiger charge is -2.24. The third-order valence-electron chi connectivity index (χ3n) is 5.10. The number of hydrogen-bond acceptors (Lipinski definition) is 5. The molecule has 7 nitrogen and oxygen atoms in total. The largest absolute Gasteiger partial charge is 0.458 e. The maximum Gasteiger partial charge on any atom is 0.311 e. The summed E-state index contributed by atoms with van der Waals surface area (Å²) in [4.78, 5) is 36.8. The quantitative estimate of drug-likeness (QED) is 0.464. The maximum absolute atomic E-state index is 12.4. The van der Waals surface area contributed by atoms with Crippen LogP contribution in [0.2, 0.25) is 0 Å². The number of non-ortho nitro benzene ring substituents is 1. The zero-order chi connectivity index (χ0) is 18.0. The van der Waals surface area contributed by atoms with Crippen LogP contribution in [0.3, 0.4) is 0 Å². The summed E-state index contributed by atoms with van der Waals surface area (Å²) in [5, 5.41) is 10.9. The van der Waals surface area contributed by atoms with E-state index in [0.29, 0.717) is 12.1 Å². The fraction of sp³-hybridized carbons (Fsp3) is 0.556. The van der Waals surface area contributed by atoms with E-state index in [1.807, 2.05) is 4.90 Å². The molecular formula is C18H22N2O5. The Balaban J connectivity index is 1.61. The minimum absolute atomic E-state index is 0.0249. The minimum Gasteiger partial charge on any atom is -0.458 e. The molecule has 0 radical (unpaired) electrons. The summed E-state index contributed by atoms with van der Waals surface area (Å²) >= 11 is 0. The van der Waals surface area contributed by atoms with Crippen molar-refractivity contribution >= 4 is 17.6 Å². The Labute approximate surface area is 146 Å². The van der Waals surface area contributed by atoms with Gasteiger partial charge in [0, 0.05) is 31.1 Å². The van der Waals surface area contributed by atoms with Gasteiger partial charge in [-0.25, -0.2) is 0 Å². The Morgan fingerprint density at radius 2 is 2.08 bits per heavy atom. The summed E-state index contributed by atoms with van der Waals surface area (Å²) in [5.41, 5.74) is 0.531. The number of ether oxygens (including phenoxy) is 1. The van der Waals surface area contributed by atoms with Gasteiger partial charge in [0.05, 0.1) is 10.8 Å². The summed E-state index contributed by atoms with van der Waals surface area (Å²) < 4.78 is 5.47. The van der Waals surface area contributed by atoms with E-state index in [4.69, 9.17) is 4.74 Å². The molecule has 0 N–H and O–H groups in total. The van der Waals surface area contributed by atoms with Crippen molar-refractivity contribution < 1.29 is 19.2 Å². The van der Waals surface area contributed by atoms with Gasteiger partial charge in [-0.2, -0.15) is 0 Å². The molecule has 2 atom stereocenters. The second-order valence-corrected chi connectivity index (χ2v) is 6.82. The predicted molar refractivity (Wildman–Crippen MR) is 89.7 cm³/mol. The number of benzene rings is 1. The van der Waals surface area contributed by atoms with Gasteiger partial charge in [-0.1, -0.05) is 25.0 Å². The van der Waals surface area contributed by atoms with Crippen molar-refractivity contribution in [3.63, 3.8) is 0 Å². The fourth-order valence-corrected chi connectivity index (χ4v) is 3.69. The number of nitro benzene ring substituents is 1. The van der Waals surface area contributed by atoms with E-state index >= 15 is 0 Å². The van der Waals surface area contributed by atoms with Crippen LogP contribution in [-0.4, -0.2) is 34.3 Å². The van der Waals surface area contributed by atoms with Gasteiger partial charge in [-0.3, -0.25) is 19.7 Å². The number of likely N-dealkylation sites (tertiary alicyclic amines) is 1. The molecule has 1 heterocycles. The molecular weight excluding hydrogens is 324 g/mol. The van der Waals surface area contributed by atoms with Crippen molar-refractivity contribution in [2.75, 3.05) is 6.54 Å². The Bertz CT molecular complexity index is 684. The highest BCUT2D eigenvalue weighted by atomic mass is 16.6. The lowest BCUT2D eigenvalue weighted by atomic mass is 10.1. The van der Waals surface area contributed by atoms with Crippen molar-refractivity contribution in [1.82, 2.24) is 4.90 Å². The van der Waals surface area contributed by atoms with Crippen LogP contribution in [-0.2, 0) is 14.3 Å². The highest BCUT2D eigenvalue weighted by Gasteiger charge is 2.39. The SMILES string of the molecule is C[C@@H](OC(=O)[C@H]1CC(=O)N(C2CCCC2)C1)c1cccc([N+](=O)[O-])c1. The van der Waals surface area contributed by atoms with Gasteiger partial charge < -0.3 is 9.64 Å². The van der Waals surface area contributed by atoms with Gasteiger partial charge in [-0.05, 0) is 25.3 Å². The Kier molecular flexibility index (Phi) is 5.01. The van der Waals surface area contributed by atoms with Crippen molar-refractivity contribution in [3.05, 3.63) is 39.9 Å². The number of nitrogens with zero attached hydrogens (tertiary/aromatic N) is 2. The van der Waals surface area contributed by atoms with Gasteiger partial charge in [-0.15, -0.1) is 0 Å². The van der Waals surface area contributed by atoms with Crippen LogP contribution in [0.25, 0.3) is 0 Å². The van der Waals surface area contributed by atoms with Crippen molar-refractivity contribution in [1.29, 1.82) is 0 Å². The first-order valence-electron chi connectivity index (χ1n) is 8.70. The number of carbonyl (C=O) groups excluding carboxylic acids is 2. The molecule has 25 heavy (non-hydrogen) atoms. The van der Waals surface area contributed by atoms with Crippen LogP contribution >= 0.6 is 0 Å². The standard InChI is InChI=1S/C18H22N2O5/c1-12(13-5-4-8-16(9-13)20(23)24)25-18(22)14-10-17(21)19(11-14)15-6-2-3-7-15/h4-5,8-9,12,14-15H,2-3,6-7,10-11H2,1H3/t12-,14+/m1/s1. The molecule has 1 aliphatic carbocycles. The van der Waals surface area contributed by atoms with Crippen LogP contribution in [0.5, 0.6) is 0 Å². The monoisotopic (exact) mass is 346 g/mol. The highest BCUT2D eigenvalue weighted by molar-refractivity contribution is 5.87. The summed E-state index contributed by atoms with van der Waals surface area (Å²) in [6.07, 6.45) is 3.88. The van der Waals surface area contributed by atoms with Crippen LogP contribution < -0.4 is 0 Å². The number of esters is 1. The zero-order valence-corrected chi connectivity index (χ0v) is 14.2. The van der Waals surface area contributed by atoms with E-state index in [2.05, 4.69) is 0 Å². The van der Waals surface area contributed by atoms with Crippen molar-refractivity contribution in [3.8, 4) is 0 Å². The van der Waals surface area contributed by atoms with E-state index in [1.165, 1.54) is 12.1 Å². The zero-order valence-electron chi connectivity index (χ0n) is 14.2. The molecule has 0 unspecified atom stereocenters. The molecule has 134 valence electrons. The van der Waals surface area contributed by atoms with Crippen LogP contribution in [0.15, 0.2) is 24.3 Å². The lowest BCUT2D eigenvalue weighted by molar-refractivity contribution is -0.385. The highest BCUT2D eigenvalue weighted by Crippen LogP contribution is 2.31. The smallest absolute Gasteiger partial charge is 0.311 e. The van der Waals surface area contributed by atoms with Gasteiger partial charge in [0.15, 0.2) is 0 Å². The molecule has 0 aromatic heterocycles. The van der Waals surface area contributed by atoms with Crippen LogP contribution in [0, 0.1) is 16.0 Å². The Hall–Kier alpha value is -2.44. The number of carbonyl (C=O) groups is 2. The number of nitro groups is 1. The van der Waals surface area contributed by atoms with E-state index in [1.54, 1.807) is 19.1 Å². The molecule has 3 rings (SSSR count). The summed E-state index contributed by atoms with van der Waals surface area (Å²) in [6.45, 7) is 2.10. The number of amides is 1. The first kappa shape index (κ1) is 17.4. The summed E-state index contributed by atoms with van der Waals surface area (Å²) in [6, 6.07) is 6.32. The van der Waals surface area contributed by atoms with Gasteiger partial charge in [0.25, 0.3) is 5.69 Å². The normalized spacial score (nSPS) is 22.2. The van der Waals surface area contributed by atoms with E-state index < -0.39 is 22.9 Å². The van der Waals surface area contributed by atoms with Gasteiger partial charge in [0.1, 0.15) is 6.10 Å². The molecule has 2 aliphatic rings. The van der Waals surface area contributed by atoms with Crippen molar-refractivity contribution in [2.24, 2.45) is 5.92 Å². The third kappa shape index (κ3) is 3.81. The predicted octanol–water partition coefficient (Wildman–Crippen LogP) is 2.99. The lowest BCUT2D eigenvalue weighted by Crippen LogP contribution is -2.35. The third-order valence-corrected chi connectivity index (χ3v) is 5.10. The maximum atomic E-state index is 12.4. The minimum atomic E-state index is -0.594. The van der Waals surface area contributed by atoms with Crippen LogP contribution in [0.1, 0.15) is 50.7 Å². The second kappa shape index (κ2) is 7.21. The first-order valence-corrected chi connectivity index (χ1v) is 8.70. The topological polar surface area (TPSA) is 89.8 Å². The average molecular weight is 346 g/mol. The summed E-state index contributed by atoms with van der Waals surface area (Å²) in [5.74, 6) is -0.834. The average Bonchev–Trinajstić information content (AvgIpc) is 3.24. The van der Waals surface area contributed by atoms with Gasteiger partial charge >= 0.3 is 5.97 Å². The molecule has 1 aromatic carbocycles. The Morgan fingerprint density at radius 3 is 2.76 bits per heavy atom. The van der Waals surface area contributed by atoms with E-state index in [0.717, 1.165) is 25.7 Å². The number of hydrogen-bond donors (Lipinski definition) is 0. The molecule has 0 bridgehead atoms. The molecule has 1 amide bonds. The van der Waals surface area contributed by atoms with Crippen LogP contribution in [0.4, 0.5) is 5.69 Å². The summed E-state index contributed by atoms with van der Waals surface area (Å²) in [7, 11) is 0. The molecule has 7 heteroatoms. The Morgan fingerprint density at radius 1 is 1.36 bits per heavy atom. The molecule has 1 saturated carbocycles. The first-order chi connectivity index (χ1) is 12.0. The second-order valence-electron chi connectivity index (χ2n) is 6.82. The molecule has 0 spiro atoms. The van der Waals surface area contributed by atoms with E-state index in [-0.39, 0.29) is 24.1 Å². The molecule has 1 saturated heterocycles.